The summed E-state index contributed by atoms with van der Waals surface area (Å²) in [5, 5.41) is 3.33. The van der Waals surface area contributed by atoms with E-state index in [1.807, 2.05) is 31.1 Å². The van der Waals surface area contributed by atoms with Crippen molar-refractivity contribution in [3.63, 3.8) is 0 Å². The van der Waals surface area contributed by atoms with E-state index >= 15 is 0 Å². The fourth-order valence-electron chi connectivity index (χ4n) is 2.14. The van der Waals surface area contributed by atoms with Crippen LogP contribution in [0.15, 0.2) is 48.5 Å². The van der Waals surface area contributed by atoms with Crippen LogP contribution in [-0.2, 0) is 4.79 Å². The fourth-order valence-corrected chi connectivity index (χ4v) is 2.27. The lowest BCUT2D eigenvalue weighted by Crippen LogP contribution is -2.34. The zero-order valence-corrected chi connectivity index (χ0v) is 14.7. The van der Waals surface area contributed by atoms with Crippen LogP contribution in [0.2, 0.25) is 5.02 Å². The second kappa shape index (κ2) is 7.84. The minimum absolute atomic E-state index is 0.0309. The van der Waals surface area contributed by atoms with Crippen molar-refractivity contribution in [2.24, 2.45) is 0 Å². The van der Waals surface area contributed by atoms with Crippen LogP contribution in [0.25, 0.3) is 0 Å². The minimum Gasteiger partial charge on any atom is -0.378 e. The highest BCUT2D eigenvalue weighted by Gasteiger charge is 2.15. The molecule has 0 aliphatic rings. The van der Waals surface area contributed by atoms with Crippen molar-refractivity contribution in [2.75, 3.05) is 37.9 Å². The van der Waals surface area contributed by atoms with Crippen LogP contribution >= 0.6 is 11.6 Å². The Morgan fingerprint density at radius 1 is 0.958 bits per heavy atom. The predicted molar refractivity (Wildman–Crippen MR) is 97.8 cm³/mol. The Bertz CT molecular complexity index is 712. The van der Waals surface area contributed by atoms with Crippen molar-refractivity contribution in [1.82, 2.24) is 4.90 Å². The predicted octanol–water partition coefficient (Wildman–Crippen LogP) is 3.12. The van der Waals surface area contributed by atoms with Crippen molar-refractivity contribution >= 4 is 34.8 Å². The van der Waals surface area contributed by atoms with Crippen LogP contribution in [-0.4, -0.2) is 44.4 Å². The number of nitrogens with zero attached hydrogens (tertiary/aromatic N) is 2. The molecule has 0 aliphatic heterocycles. The van der Waals surface area contributed by atoms with E-state index in [1.165, 1.54) is 4.90 Å². The van der Waals surface area contributed by atoms with E-state index in [0.29, 0.717) is 16.3 Å². The summed E-state index contributed by atoms with van der Waals surface area (Å²) in [4.78, 5) is 27.8. The van der Waals surface area contributed by atoms with E-state index in [0.717, 1.165) is 5.69 Å². The molecule has 2 aromatic rings. The Morgan fingerprint density at radius 2 is 1.54 bits per heavy atom. The largest absolute Gasteiger partial charge is 0.378 e. The summed E-state index contributed by atoms with van der Waals surface area (Å²) < 4.78 is 0. The summed E-state index contributed by atoms with van der Waals surface area (Å²) in [7, 11) is 5.47. The molecule has 0 bridgehead atoms. The number of carbonyl (C=O) groups is 2. The van der Waals surface area contributed by atoms with Crippen LogP contribution in [0.4, 0.5) is 11.4 Å². The molecule has 1 N–H and O–H groups in total. The molecule has 0 unspecified atom stereocenters. The molecular weight excluding hydrogens is 326 g/mol. The van der Waals surface area contributed by atoms with E-state index in [1.54, 1.807) is 43.4 Å². The lowest BCUT2D eigenvalue weighted by Gasteiger charge is -2.18. The Hall–Kier alpha value is -2.53. The maximum absolute atomic E-state index is 12.4. The molecule has 0 heterocycles. The van der Waals surface area contributed by atoms with Gasteiger partial charge < -0.3 is 15.1 Å². The third-order valence-corrected chi connectivity index (χ3v) is 3.74. The van der Waals surface area contributed by atoms with Gasteiger partial charge in [0.1, 0.15) is 0 Å². The van der Waals surface area contributed by atoms with Gasteiger partial charge in [-0.2, -0.15) is 0 Å². The van der Waals surface area contributed by atoms with E-state index in [2.05, 4.69) is 5.32 Å². The number of halogens is 1. The van der Waals surface area contributed by atoms with Crippen molar-refractivity contribution in [3.8, 4) is 0 Å². The van der Waals surface area contributed by atoms with Gasteiger partial charge in [0, 0.05) is 43.1 Å². The van der Waals surface area contributed by atoms with Gasteiger partial charge in [0.25, 0.3) is 5.91 Å². The first-order valence-corrected chi connectivity index (χ1v) is 7.83. The second-order valence-electron chi connectivity index (χ2n) is 5.66. The van der Waals surface area contributed by atoms with Gasteiger partial charge in [-0.3, -0.25) is 9.59 Å². The summed E-state index contributed by atoms with van der Waals surface area (Å²) in [5.74, 6) is -0.468. The average Bonchev–Trinajstić information content (AvgIpc) is 2.56. The van der Waals surface area contributed by atoms with Crippen molar-refractivity contribution in [2.45, 2.75) is 0 Å². The molecule has 0 saturated heterocycles. The van der Waals surface area contributed by atoms with Gasteiger partial charge in [0.2, 0.25) is 5.91 Å². The van der Waals surface area contributed by atoms with Gasteiger partial charge >= 0.3 is 0 Å². The summed E-state index contributed by atoms with van der Waals surface area (Å²) >= 11 is 5.80. The molecule has 0 fully saturated rings. The van der Waals surface area contributed by atoms with Crippen molar-refractivity contribution in [3.05, 3.63) is 59.1 Å². The fraction of sp³-hybridized carbons (Fsp3) is 0.222. The van der Waals surface area contributed by atoms with Crippen LogP contribution in [0.3, 0.4) is 0 Å². The number of hydrogen-bond acceptors (Lipinski definition) is 3. The number of hydrogen-bond donors (Lipinski definition) is 1. The smallest absolute Gasteiger partial charge is 0.254 e. The molecule has 0 radical (unpaired) electrons. The summed E-state index contributed by atoms with van der Waals surface area (Å²) in [5.41, 5.74) is 2.19. The van der Waals surface area contributed by atoms with E-state index < -0.39 is 0 Å². The van der Waals surface area contributed by atoms with Gasteiger partial charge in [-0.25, -0.2) is 0 Å². The molecule has 2 amide bonds. The zero-order valence-electron chi connectivity index (χ0n) is 13.9. The quantitative estimate of drug-likeness (QED) is 0.905. The molecule has 24 heavy (non-hydrogen) atoms. The van der Waals surface area contributed by atoms with Crippen LogP contribution in [0, 0.1) is 0 Å². The lowest BCUT2D eigenvalue weighted by molar-refractivity contribution is -0.116. The monoisotopic (exact) mass is 345 g/mol. The topological polar surface area (TPSA) is 52.7 Å². The number of nitrogens with one attached hydrogen (secondary N) is 1. The first-order chi connectivity index (χ1) is 11.4. The van der Waals surface area contributed by atoms with E-state index in [-0.39, 0.29) is 18.4 Å². The third kappa shape index (κ3) is 4.73. The first-order valence-electron chi connectivity index (χ1n) is 7.45. The maximum Gasteiger partial charge on any atom is 0.254 e. The molecule has 2 aromatic carbocycles. The molecule has 0 saturated carbocycles. The Morgan fingerprint density at radius 3 is 2.08 bits per heavy atom. The standard InChI is InChI=1S/C18H20ClN3O2/c1-21(2)16-10-4-13(5-11-16)18(24)22(3)12-17(23)20-15-8-6-14(19)7-9-15/h4-11H,12H2,1-3H3,(H,20,23). The minimum atomic E-state index is -0.266. The van der Waals surface area contributed by atoms with Crippen molar-refractivity contribution in [1.29, 1.82) is 0 Å². The number of likely N-dealkylation sites (N-methyl/N-ethyl adjacent to an activating group) is 1. The highest BCUT2D eigenvalue weighted by Crippen LogP contribution is 2.15. The Balaban J connectivity index is 1.95. The molecule has 126 valence electrons. The van der Waals surface area contributed by atoms with Crippen LogP contribution < -0.4 is 10.2 Å². The summed E-state index contributed by atoms with van der Waals surface area (Å²) in [6.07, 6.45) is 0. The van der Waals surface area contributed by atoms with Crippen LogP contribution in [0.1, 0.15) is 10.4 Å². The summed E-state index contributed by atoms with van der Waals surface area (Å²) in [6.45, 7) is -0.0309. The third-order valence-electron chi connectivity index (χ3n) is 3.49. The van der Waals surface area contributed by atoms with Gasteiger partial charge in [-0.15, -0.1) is 0 Å². The number of anilines is 2. The molecule has 5 nitrogen and oxygen atoms in total. The van der Waals surface area contributed by atoms with Crippen LogP contribution in [0.5, 0.6) is 0 Å². The Labute approximate surface area is 146 Å². The SMILES string of the molecule is CN(CC(=O)Nc1ccc(Cl)cc1)C(=O)c1ccc(N(C)C)cc1. The lowest BCUT2D eigenvalue weighted by atomic mass is 10.2. The van der Waals surface area contributed by atoms with E-state index in [4.69, 9.17) is 11.6 Å². The van der Waals surface area contributed by atoms with Gasteiger partial charge in [-0.1, -0.05) is 11.6 Å². The molecule has 2 rings (SSSR count). The molecular formula is C18H20ClN3O2. The van der Waals surface area contributed by atoms with Gasteiger partial charge in [0.15, 0.2) is 0 Å². The van der Waals surface area contributed by atoms with Crippen molar-refractivity contribution < 1.29 is 9.59 Å². The molecule has 6 heteroatoms. The number of rotatable bonds is 5. The zero-order chi connectivity index (χ0) is 17.7. The molecule has 0 aliphatic carbocycles. The van der Waals surface area contributed by atoms with Gasteiger partial charge in [-0.05, 0) is 48.5 Å². The number of amides is 2. The Kier molecular flexibility index (Phi) is 5.82. The number of carbonyl (C=O) groups excluding carboxylic acids is 2. The molecule has 0 spiro atoms. The average molecular weight is 346 g/mol. The second-order valence-corrected chi connectivity index (χ2v) is 6.09. The molecule has 0 aromatic heterocycles. The maximum atomic E-state index is 12.4. The normalized spacial score (nSPS) is 10.2. The van der Waals surface area contributed by atoms with E-state index in [9.17, 15) is 9.59 Å². The highest BCUT2D eigenvalue weighted by molar-refractivity contribution is 6.30. The first kappa shape index (κ1) is 17.8. The van der Waals surface area contributed by atoms with Gasteiger partial charge in [0.05, 0.1) is 6.54 Å². The molecule has 0 atom stereocenters. The highest BCUT2D eigenvalue weighted by atomic mass is 35.5. The number of benzene rings is 2. The summed E-state index contributed by atoms with van der Waals surface area (Å²) in [6, 6.07) is 14.1.